The molecule has 0 heterocycles. The molecule has 18 heavy (non-hydrogen) atoms. The lowest BCUT2D eigenvalue weighted by Crippen LogP contribution is -2.13. The van der Waals surface area contributed by atoms with Crippen molar-refractivity contribution in [3.63, 3.8) is 0 Å². The maximum atomic E-state index is 6.21. The van der Waals surface area contributed by atoms with E-state index < -0.39 is 0 Å². The molecule has 0 saturated heterocycles. The van der Waals surface area contributed by atoms with Crippen LogP contribution in [0.15, 0.2) is 46.9 Å². The lowest BCUT2D eigenvalue weighted by Gasteiger charge is -2.13. The van der Waals surface area contributed by atoms with Gasteiger partial charge < -0.3 is 5.73 Å². The molecule has 0 bridgehead atoms. The summed E-state index contributed by atoms with van der Waals surface area (Å²) in [4.78, 5) is 0. The van der Waals surface area contributed by atoms with Gasteiger partial charge in [0.25, 0.3) is 0 Å². The van der Waals surface area contributed by atoms with Crippen LogP contribution < -0.4 is 5.73 Å². The van der Waals surface area contributed by atoms with Crippen molar-refractivity contribution in [2.75, 3.05) is 0 Å². The first kappa shape index (κ1) is 14.3. The van der Waals surface area contributed by atoms with Gasteiger partial charge in [0.05, 0.1) is 5.02 Å². The predicted molar refractivity (Wildman–Crippen MR) is 88.9 cm³/mol. The number of rotatable bonds is 3. The first-order valence-electron chi connectivity index (χ1n) is 5.51. The average Bonchev–Trinajstić information content (AvgIpc) is 2.35. The molecule has 4 heteroatoms. The Balaban J connectivity index is 2.13. The molecule has 2 aromatic rings. The first-order valence-corrected chi connectivity index (χ1v) is 7.76. The maximum absolute atomic E-state index is 6.21. The van der Waals surface area contributed by atoms with Crippen LogP contribution in [0.2, 0.25) is 5.02 Å². The normalized spacial score (nSPS) is 12.4. The third kappa shape index (κ3) is 3.70. The summed E-state index contributed by atoms with van der Waals surface area (Å²) in [5, 5.41) is 0.763. The Morgan fingerprint density at radius 2 is 1.83 bits per heavy atom. The maximum Gasteiger partial charge on any atom is 0.0542 e. The van der Waals surface area contributed by atoms with Gasteiger partial charge in [-0.1, -0.05) is 45.7 Å². The smallest absolute Gasteiger partial charge is 0.0542 e. The minimum atomic E-state index is -0.0272. The van der Waals surface area contributed by atoms with Crippen molar-refractivity contribution in [3.05, 3.63) is 66.7 Å². The molecule has 0 spiro atoms. The molecule has 2 N–H and O–H groups in total. The van der Waals surface area contributed by atoms with E-state index >= 15 is 0 Å². The van der Waals surface area contributed by atoms with Crippen LogP contribution in [0.25, 0.3) is 0 Å². The summed E-state index contributed by atoms with van der Waals surface area (Å²) in [6.07, 6.45) is 0.810. The zero-order chi connectivity index (χ0) is 13.1. The van der Waals surface area contributed by atoms with Gasteiger partial charge in [-0.25, -0.2) is 0 Å². The standard InChI is InChI=1S/C14H12BrClIN/c15-11-4-1-9(2-5-11)7-14(18)10-3-6-13(17)12(16)8-10/h1-6,8,14H,7,18H2. The lowest BCUT2D eigenvalue weighted by atomic mass is 10.00. The molecule has 0 saturated carbocycles. The highest BCUT2D eigenvalue weighted by atomic mass is 127. The van der Waals surface area contributed by atoms with Crippen LogP contribution >= 0.6 is 50.1 Å². The average molecular weight is 437 g/mol. The molecule has 1 atom stereocenters. The van der Waals surface area contributed by atoms with Gasteiger partial charge in [0.15, 0.2) is 0 Å². The van der Waals surface area contributed by atoms with Crippen molar-refractivity contribution < 1.29 is 0 Å². The van der Waals surface area contributed by atoms with Gasteiger partial charge in [-0.2, -0.15) is 0 Å². The van der Waals surface area contributed by atoms with Gasteiger partial charge in [-0.3, -0.25) is 0 Å². The van der Waals surface area contributed by atoms with Crippen LogP contribution in [0.1, 0.15) is 17.2 Å². The zero-order valence-electron chi connectivity index (χ0n) is 9.54. The van der Waals surface area contributed by atoms with E-state index in [-0.39, 0.29) is 6.04 Å². The van der Waals surface area contributed by atoms with Crippen molar-refractivity contribution in [1.82, 2.24) is 0 Å². The Kier molecular flexibility index (Phi) is 5.06. The topological polar surface area (TPSA) is 26.0 Å². The summed E-state index contributed by atoms with van der Waals surface area (Å²) < 4.78 is 2.13. The van der Waals surface area contributed by atoms with Crippen LogP contribution in [-0.4, -0.2) is 0 Å². The molecular weight excluding hydrogens is 424 g/mol. The van der Waals surface area contributed by atoms with E-state index in [0.29, 0.717) is 0 Å². The van der Waals surface area contributed by atoms with Crippen molar-refractivity contribution in [1.29, 1.82) is 0 Å². The molecule has 2 rings (SSSR count). The highest BCUT2D eigenvalue weighted by molar-refractivity contribution is 14.1. The van der Waals surface area contributed by atoms with Crippen LogP contribution in [-0.2, 0) is 6.42 Å². The summed E-state index contributed by atoms with van der Waals surface area (Å²) in [7, 11) is 0. The molecule has 94 valence electrons. The Morgan fingerprint density at radius 3 is 2.44 bits per heavy atom. The van der Waals surface area contributed by atoms with E-state index in [0.717, 1.165) is 25.0 Å². The SMILES string of the molecule is NC(Cc1ccc(Br)cc1)c1ccc(I)c(Cl)c1. The van der Waals surface area contributed by atoms with Gasteiger partial charge in [0.1, 0.15) is 0 Å². The first-order chi connectivity index (χ1) is 8.56. The number of halogens is 3. The zero-order valence-corrected chi connectivity index (χ0v) is 14.0. The number of nitrogens with two attached hydrogens (primary N) is 1. The van der Waals surface area contributed by atoms with Gasteiger partial charge in [-0.15, -0.1) is 0 Å². The van der Waals surface area contributed by atoms with E-state index in [1.807, 2.05) is 30.3 Å². The van der Waals surface area contributed by atoms with Crippen LogP contribution in [0.5, 0.6) is 0 Å². The summed E-state index contributed by atoms with van der Waals surface area (Å²) in [5.74, 6) is 0. The molecule has 0 aliphatic heterocycles. The second kappa shape index (κ2) is 6.37. The molecule has 0 fully saturated rings. The third-order valence-corrected chi connectivity index (χ3v) is 4.84. The second-order valence-corrected chi connectivity index (χ2v) is 6.60. The van der Waals surface area contributed by atoms with E-state index in [1.54, 1.807) is 0 Å². The van der Waals surface area contributed by atoms with E-state index in [1.165, 1.54) is 5.56 Å². The monoisotopic (exact) mass is 435 g/mol. The van der Waals surface area contributed by atoms with Gasteiger partial charge in [0.2, 0.25) is 0 Å². The number of hydrogen-bond donors (Lipinski definition) is 1. The Hall–Kier alpha value is -0.100. The van der Waals surface area contributed by atoms with Crippen LogP contribution in [0, 0.1) is 3.57 Å². The van der Waals surface area contributed by atoms with E-state index in [4.69, 9.17) is 17.3 Å². The van der Waals surface area contributed by atoms with Gasteiger partial charge in [0, 0.05) is 14.1 Å². The minimum Gasteiger partial charge on any atom is -0.324 e. The molecule has 1 nitrogen and oxygen atoms in total. The number of benzene rings is 2. The van der Waals surface area contributed by atoms with Gasteiger partial charge >= 0.3 is 0 Å². The molecule has 0 aliphatic rings. The predicted octanol–water partition coefficient (Wildman–Crippen LogP) is 4.95. The molecule has 0 aliphatic carbocycles. The fourth-order valence-electron chi connectivity index (χ4n) is 1.74. The molecule has 2 aromatic carbocycles. The summed E-state index contributed by atoms with van der Waals surface area (Å²) in [6, 6.07) is 14.2. The van der Waals surface area contributed by atoms with Crippen molar-refractivity contribution in [2.24, 2.45) is 5.73 Å². The third-order valence-electron chi connectivity index (χ3n) is 2.74. The fourth-order valence-corrected chi connectivity index (χ4v) is 2.52. The van der Waals surface area contributed by atoms with Crippen molar-refractivity contribution >= 4 is 50.1 Å². The van der Waals surface area contributed by atoms with E-state index in [9.17, 15) is 0 Å². The molecule has 0 aromatic heterocycles. The molecule has 1 unspecified atom stereocenters. The Morgan fingerprint density at radius 1 is 1.17 bits per heavy atom. The van der Waals surface area contributed by atoms with Crippen molar-refractivity contribution in [3.8, 4) is 0 Å². The second-order valence-electron chi connectivity index (χ2n) is 4.11. The molecule has 0 amide bonds. The fraction of sp³-hybridized carbons (Fsp3) is 0.143. The molecule has 0 radical (unpaired) electrons. The van der Waals surface area contributed by atoms with E-state index in [2.05, 4.69) is 50.7 Å². The lowest BCUT2D eigenvalue weighted by molar-refractivity contribution is 0.722. The van der Waals surface area contributed by atoms with Crippen LogP contribution in [0.4, 0.5) is 0 Å². The van der Waals surface area contributed by atoms with Crippen molar-refractivity contribution in [2.45, 2.75) is 12.5 Å². The minimum absolute atomic E-state index is 0.0272. The van der Waals surface area contributed by atoms with Gasteiger partial charge in [-0.05, 0) is 64.4 Å². The highest BCUT2D eigenvalue weighted by Gasteiger charge is 2.09. The largest absolute Gasteiger partial charge is 0.324 e. The summed E-state index contributed by atoms with van der Waals surface area (Å²) >= 11 is 11.8. The van der Waals surface area contributed by atoms with Crippen LogP contribution in [0.3, 0.4) is 0 Å². The Labute approximate surface area is 134 Å². The highest BCUT2D eigenvalue weighted by Crippen LogP contribution is 2.24. The quantitative estimate of drug-likeness (QED) is 0.677. The summed E-state index contributed by atoms with van der Waals surface area (Å²) in [6.45, 7) is 0. The summed E-state index contributed by atoms with van der Waals surface area (Å²) in [5.41, 5.74) is 8.51. The number of hydrogen-bond acceptors (Lipinski definition) is 1. The molecular formula is C14H12BrClIN. The Bertz CT molecular complexity index is 542.